The lowest BCUT2D eigenvalue weighted by molar-refractivity contribution is 0.601. The van der Waals surface area contributed by atoms with Crippen LogP contribution in [0.4, 0.5) is 5.69 Å². The summed E-state index contributed by atoms with van der Waals surface area (Å²) in [6, 6.07) is 9.70. The van der Waals surface area contributed by atoms with E-state index in [9.17, 15) is 8.42 Å². The highest BCUT2D eigenvalue weighted by Crippen LogP contribution is 2.25. The summed E-state index contributed by atoms with van der Waals surface area (Å²) in [5.41, 5.74) is 0.481. The average molecular weight is 429 g/mol. The van der Waals surface area contributed by atoms with E-state index in [-0.39, 0.29) is 15.2 Å². The molecule has 0 saturated heterocycles. The zero-order valence-corrected chi connectivity index (χ0v) is 13.8. The first-order valence-electron chi connectivity index (χ1n) is 4.99. The van der Waals surface area contributed by atoms with Gasteiger partial charge in [-0.3, -0.25) is 4.72 Å². The number of hydrogen-bond acceptors (Lipinski definition) is 3. The van der Waals surface area contributed by atoms with Crippen LogP contribution < -0.4 is 4.72 Å². The lowest BCUT2D eigenvalue weighted by atomic mass is 10.3. The zero-order valence-electron chi connectivity index (χ0n) is 9.27. The van der Waals surface area contributed by atoms with Crippen molar-refractivity contribution in [3.05, 3.63) is 50.3 Å². The second-order valence-corrected chi connectivity index (χ2v) is 7.07. The van der Waals surface area contributed by atoms with Gasteiger partial charge in [0, 0.05) is 3.57 Å². The lowest BCUT2D eigenvalue weighted by Gasteiger charge is -2.10. The number of nitrogens with one attached hydrogen (secondary N) is 1. The van der Waals surface area contributed by atoms with Crippen molar-refractivity contribution in [3.63, 3.8) is 0 Å². The SMILES string of the molecule is O=S(=O)(Nc1ccccc1I)c1ccc(Cl)nc1Cl. The van der Waals surface area contributed by atoms with Crippen molar-refractivity contribution in [2.45, 2.75) is 4.90 Å². The third-order valence-corrected chi connectivity index (χ3v) is 5.14. The molecule has 0 aliphatic carbocycles. The Kier molecular flexibility index (Phi) is 4.54. The Morgan fingerprint density at radius 3 is 2.42 bits per heavy atom. The van der Waals surface area contributed by atoms with Crippen molar-refractivity contribution in [1.82, 2.24) is 4.98 Å². The quantitative estimate of drug-likeness (QED) is 0.597. The first kappa shape index (κ1) is 14.8. The number of sulfonamides is 1. The highest BCUT2D eigenvalue weighted by molar-refractivity contribution is 14.1. The summed E-state index contributed by atoms with van der Waals surface area (Å²) in [6.07, 6.45) is 0. The molecular weight excluding hydrogens is 422 g/mol. The van der Waals surface area contributed by atoms with Crippen LogP contribution in [0.25, 0.3) is 0 Å². The summed E-state index contributed by atoms with van der Waals surface area (Å²) in [5.74, 6) is 0. The third kappa shape index (κ3) is 3.50. The van der Waals surface area contributed by atoms with Crippen LogP contribution >= 0.6 is 45.8 Å². The average Bonchev–Trinajstić information content (AvgIpc) is 2.31. The Balaban J connectivity index is 2.41. The van der Waals surface area contributed by atoms with Crippen LogP contribution in [-0.2, 0) is 10.0 Å². The van der Waals surface area contributed by atoms with E-state index in [0.29, 0.717) is 5.69 Å². The van der Waals surface area contributed by atoms with Crippen molar-refractivity contribution < 1.29 is 8.42 Å². The summed E-state index contributed by atoms with van der Waals surface area (Å²) in [5, 5.41) is -0.0239. The number of para-hydroxylation sites is 1. The first-order valence-corrected chi connectivity index (χ1v) is 8.31. The molecule has 0 spiro atoms. The number of rotatable bonds is 3. The van der Waals surface area contributed by atoms with E-state index in [1.807, 2.05) is 28.7 Å². The van der Waals surface area contributed by atoms with Crippen molar-refractivity contribution >= 4 is 61.5 Å². The molecular formula is C11H7Cl2IN2O2S. The van der Waals surface area contributed by atoms with E-state index in [1.54, 1.807) is 18.2 Å². The van der Waals surface area contributed by atoms with Gasteiger partial charge in [0.2, 0.25) is 0 Å². The van der Waals surface area contributed by atoms with Gasteiger partial charge in [-0.15, -0.1) is 0 Å². The van der Waals surface area contributed by atoms with Gasteiger partial charge >= 0.3 is 0 Å². The number of aromatic nitrogens is 1. The predicted octanol–water partition coefficient (Wildman–Crippen LogP) is 3.79. The van der Waals surface area contributed by atoms with Crippen molar-refractivity contribution in [2.24, 2.45) is 0 Å². The first-order chi connectivity index (χ1) is 8.90. The van der Waals surface area contributed by atoms with Gasteiger partial charge in [-0.05, 0) is 46.9 Å². The predicted molar refractivity (Wildman–Crippen MR) is 84.2 cm³/mol. The van der Waals surface area contributed by atoms with E-state index in [2.05, 4.69) is 9.71 Å². The van der Waals surface area contributed by atoms with Gasteiger partial charge in [0.25, 0.3) is 10.0 Å². The van der Waals surface area contributed by atoms with Gasteiger partial charge in [0.15, 0.2) is 5.15 Å². The molecule has 0 radical (unpaired) electrons. The minimum absolute atomic E-state index is 0.113. The summed E-state index contributed by atoms with van der Waals surface area (Å²) in [7, 11) is -3.79. The highest BCUT2D eigenvalue weighted by Gasteiger charge is 2.20. The van der Waals surface area contributed by atoms with Gasteiger partial charge < -0.3 is 0 Å². The van der Waals surface area contributed by atoms with Crippen LogP contribution in [0, 0.1) is 3.57 Å². The highest BCUT2D eigenvalue weighted by atomic mass is 127. The number of nitrogens with zero attached hydrogens (tertiary/aromatic N) is 1. The molecule has 1 aromatic heterocycles. The van der Waals surface area contributed by atoms with E-state index >= 15 is 0 Å². The molecule has 0 aliphatic heterocycles. The van der Waals surface area contributed by atoms with Crippen LogP contribution in [0.15, 0.2) is 41.3 Å². The third-order valence-electron chi connectivity index (χ3n) is 2.19. The molecule has 100 valence electrons. The topological polar surface area (TPSA) is 59.1 Å². The normalized spacial score (nSPS) is 11.3. The zero-order chi connectivity index (χ0) is 14.0. The summed E-state index contributed by atoms with van der Waals surface area (Å²) < 4.78 is 27.6. The molecule has 1 aromatic carbocycles. The molecule has 1 N–H and O–H groups in total. The van der Waals surface area contributed by atoms with Gasteiger partial charge in [-0.1, -0.05) is 35.3 Å². The Morgan fingerprint density at radius 1 is 1.11 bits per heavy atom. The summed E-state index contributed by atoms with van der Waals surface area (Å²) >= 11 is 13.5. The van der Waals surface area contributed by atoms with Crippen LogP contribution in [0.2, 0.25) is 10.3 Å². The van der Waals surface area contributed by atoms with Crippen LogP contribution in [0.3, 0.4) is 0 Å². The van der Waals surface area contributed by atoms with E-state index in [4.69, 9.17) is 23.2 Å². The molecule has 8 heteroatoms. The largest absolute Gasteiger partial charge is 0.278 e. The Bertz CT molecular complexity index is 722. The maximum absolute atomic E-state index is 12.2. The Labute approximate surface area is 134 Å². The summed E-state index contributed by atoms with van der Waals surface area (Å²) in [4.78, 5) is 3.60. The second-order valence-electron chi connectivity index (χ2n) is 3.51. The summed E-state index contributed by atoms with van der Waals surface area (Å²) in [6.45, 7) is 0. The molecule has 19 heavy (non-hydrogen) atoms. The Morgan fingerprint density at radius 2 is 1.79 bits per heavy atom. The van der Waals surface area contributed by atoms with Gasteiger partial charge in [-0.25, -0.2) is 13.4 Å². The fourth-order valence-corrected chi connectivity index (χ4v) is 3.79. The number of pyridine rings is 1. The van der Waals surface area contributed by atoms with Crippen LogP contribution in [0.1, 0.15) is 0 Å². The number of anilines is 1. The van der Waals surface area contributed by atoms with Crippen molar-refractivity contribution in [1.29, 1.82) is 0 Å². The van der Waals surface area contributed by atoms with Crippen LogP contribution in [0.5, 0.6) is 0 Å². The maximum atomic E-state index is 12.2. The fourth-order valence-electron chi connectivity index (χ4n) is 1.34. The molecule has 1 heterocycles. The van der Waals surface area contributed by atoms with Crippen LogP contribution in [-0.4, -0.2) is 13.4 Å². The Hall–Kier alpha value is -0.570. The van der Waals surface area contributed by atoms with E-state index < -0.39 is 10.0 Å². The molecule has 0 fully saturated rings. The van der Waals surface area contributed by atoms with Crippen molar-refractivity contribution in [2.75, 3.05) is 4.72 Å². The number of hydrogen-bond donors (Lipinski definition) is 1. The molecule has 4 nitrogen and oxygen atoms in total. The minimum Gasteiger partial charge on any atom is -0.278 e. The molecule has 2 aromatic rings. The number of benzene rings is 1. The molecule has 0 saturated carbocycles. The number of halogens is 3. The second kappa shape index (κ2) is 5.82. The molecule has 0 amide bonds. The van der Waals surface area contributed by atoms with Crippen molar-refractivity contribution in [3.8, 4) is 0 Å². The lowest BCUT2D eigenvalue weighted by Crippen LogP contribution is -2.14. The van der Waals surface area contributed by atoms with E-state index in [1.165, 1.54) is 12.1 Å². The maximum Gasteiger partial charge on any atom is 0.265 e. The fraction of sp³-hybridized carbons (Fsp3) is 0. The smallest absolute Gasteiger partial charge is 0.265 e. The minimum atomic E-state index is -3.79. The van der Waals surface area contributed by atoms with Gasteiger partial charge in [-0.2, -0.15) is 0 Å². The van der Waals surface area contributed by atoms with E-state index in [0.717, 1.165) is 3.57 Å². The molecule has 0 unspecified atom stereocenters. The molecule has 0 aliphatic rings. The molecule has 0 atom stereocenters. The molecule has 2 rings (SSSR count). The monoisotopic (exact) mass is 428 g/mol. The molecule has 0 bridgehead atoms. The van der Waals surface area contributed by atoms with Gasteiger partial charge in [0.05, 0.1) is 5.69 Å². The standard InChI is InChI=1S/C11H7Cl2IN2O2S/c12-10-6-5-9(11(13)15-10)19(17,18)16-8-4-2-1-3-7(8)14/h1-6,16H. The van der Waals surface area contributed by atoms with Gasteiger partial charge in [0.1, 0.15) is 10.0 Å².